The molecule has 0 aliphatic heterocycles. The molecule has 0 aliphatic rings. The Morgan fingerprint density at radius 3 is 2.75 bits per heavy atom. The fourth-order valence-electron chi connectivity index (χ4n) is 2.21. The highest BCUT2D eigenvalue weighted by atomic mass is 15.3. The Hall–Kier alpha value is -2.87. The first-order valence-electron chi connectivity index (χ1n) is 6.39. The van der Waals surface area contributed by atoms with E-state index in [0.29, 0.717) is 11.4 Å². The molecule has 5 heteroatoms. The van der Waals surface area contributed by atoms with Crippen molar-refractivity contribution in [3.63, 3.8) is 0 Å². The Kier molecular flexibility index (Phi) is 3.29. The predicted molar refractivity (Wildman–Crippen MR) is 74.7 cm³/mol. The van der Waals surface area contributed by atoms with Crippen molar-refractivity contribution >= 4 is 0 Å². The normalized spacial score (nSPS) is 10.3. The molecule has 1 aromatic carbocycles. The van der Waals surface area contributed by atoms with Crippen LogP contribution in [-0.2, 0) is 13.0 Å². The molecular formula is C15H13N5. The van der Waals surface area contributed by atoms with Crippen LogP contribution in [0.3, 0.4) is 0 Å². The summed E-state index contributed by atoms with van der Waals surface area (Å²) >= 11 is 0. The summed E-state index contributed by atoms with van der Waals surface area (Å²) in [6.07, 6.45) is 2.93. The fraction of sp³-hybridized carbons (Fsp3) is 0.133. The van der Waals surface area contributed by atoms with Crippen molar-refractivity contribution in [2.75, 3.05) is 0 Å². The van der Waals surface area contributed by atoms with E-state index < -0.39 is 0 Å². The van der Waals surface area contributed by atoms with Crippen molar-refractivity contribution in [1.82, 2.24) is 20.0 Å². The second-order valence-electron chi connectivity index (χ2n) is 4.46. The number of nitrogens with one attached hydrogen (secondary N) is 1. The highest BCUT2D eigenvalue weighted by Crippen LogP contribution is 2.20. The number of H-pyrrole nitrogens is 1. The Morgan fingerprint density at radius 1 is 1.10 bits per heavy atom. The third-order valence-electron chi connectivity index (χ3n) is 3.21. The standard InChI is InChI=1S/C15H13N5/c16-11-13-15(18-19-17-13)14-7-4-9-20(14)10-8-12-5-2-1-3-6-12/h1-7,9H,8,10H2,(H,17,18,19). The van der Waals surface area contributed by atoms with Gasteiger partial charge in [-0.1, -0.05) is 30.3 Å². The number of benzene rings is 1. The fourth-order valence-corrected chi connectivity index (χ4v) is 2.21. The summed E-state index contributed by atoms with van der Waals surface area (Å²) in [7, 11) is 0. The molecule has 5 nitrogen and oxygen atoms in total. The quantitative estimate of drug-likeness (QED) is 0.785. The van der Waals surface area contributed by atoms with Crippen LogP contribution in [0.5, 0.6) is 0 Å². The molecule has 1 N–H and O–H groups in total. The molecule has 3 rings (SSSR count). The van der Waals surface area contributed by atoms with Crippen LogP contribution in [0.4, 0.5) is 0 Å². The average molecular weight is 263 g/mol. The lowest BCUT2D eigenvalue weighted by Gasteiger charge is -2.07. The predicted octanol–water partition coefficient (Wildman–Crippen LogP) is 2.39. The molecule has 0 amide bonds. The first-order valence-corrected chi connectivity index (χ1v) is 6.39. The molecule has 3 aromatic rings. The molecule has 0 atom stereocenters. The third-order valence-corrected chi connectivity index (χ3v) is 3.21. The summed E-state index contributed by atoms with van der Waals surface area (Å²) in [6.45, 7) is 0.837. The third kappa shape index (κ3) is 2.31. The zero-order valence-corrected chi connectivity index (χ0v) is 10.8. The number of aromatic amines is 1. The lowest BCUT2D eigenvalue weighted by Crippen LogP contribution is -2.02. The molecule has 2 aromatic heterocycles. The van der Waals surface area contributed by atoms with Gasteiger partial charge in [-0.05, 0) is 24.1 Å². The molecule has 0 saturated carbocycles. The van der Waals surface area contributed by atoms with Crippen molar-refractivity contribution in [3.05, 3.63) is 59.9 Å². The van der Waals surface area contributed by atoms with Gasteiger partial charge in [0.1, 0.15) is 11.8 Å². The Morgan fingerprint density at radius 2 is 1.95 bits per heavy atom. The second kappa shape index (κ2) is 5.41. The minimum absolute atomic E-state index is 0.324. The number of nitrogens with zero attached hydrogens (tertiary/aromatic N) is 4. The van der Waals surface area contributed by atoms with Gasteiger partial charge in [-0.25, -0.2) is 0 Å². The second-order valence-corrected chi connectivity index (χ2v) is 4.46. The molecule has 0 unspecified atom stereocenters. The van der Waals surface area contributed by atoms with E-state index >= 15 is 0 Å². The van der Waals surface area contributed by atoms with Gasteiger partial charge in [-0.3, -0.25) is 0 Å². The van der Waals surface area contributed by atoms with E-state index in [9.17, 15) is 0 Å². The highest BCUT2D eigenvalue weighted by molar-refractivity contribution is 5.60. The highest BCUT2D eigenvalue weighted by Gasteiger charge is 2.13. The van der Waals surface area contributed by atoms with Crippen LogP contribution in [0.15, 0.2) is 48.7 Å². The summed E-state index contributed by atoms with van der Waals surface area (Å²) in [5, 5.41) is 19.4. The van der Waals surface area contributed by atoms with Crippen molar-refractivity contribution < 1.29 is 0 Å². The largest absolute Gasteiger partial charge is 0.346 e. The number of hydrogen-bond donors (Lipinski definition) is 1. The summed E-state index contributed by atoms with van der Waals surface area (Å²) in [5.41, 5.74) is 3.12. The van der Waals surface area contributed by atoms with E-state index in [4.69, 9.17) is 5.26 Å². The van der Waals surface area contributed by atoms with Gasteiger partial charge in [-0.15, -0.1) is 5.10 Å². The molecule has 2 heterocycles. The summed E-state index contributed by atoms with van der Waals surface area (Å²) in [4.78, 5) is 0. The van der Waals surface area contributed by atoms with E-state index in [2.05, 4.69) is 32.1 Å². The first kappa shape index (κ1) is 12.2. The molecule has 98 valence electrons. The van der Waals surface area contributed by atoms with E-state index in [1.807, 2.05) is 42.6 Å². The molecule has 0 aliphatic carbocycles. The summed E-state index contributed by atoms with van der Waals surface area (Å²) < 4.78 is 2.09. The van der Waals surface area contributed by atoms with E-state index in [0.717, 1.165) is 18.7 Å². The maximum Gasteiger partial charge on any atom is 0.191 e. The van der Waals surface area contributed by atoms with Crippen molar-refractivity contribution in [2.45, 2.75) is 13.0 Å². The molecule has 0 saturated heterocycles. The summed E-state index contributed by atoms with van der Waals surface area (Å²) in [5.74, 6) is 0. The molecule has 0 bridgehead atoms. The first-order chi connectivity index (χ1) is 9.88. The van der Waals surface area contributed by atoms with Gasteiger partial charge >= 0.3 is 0 Å². The van der Waals surface area contributed by atoms with Gasteiger partial charge in [-0.2, -0.15) is 15.6 Å². The van der Waals surface area contributed by atoms with Crippen molar-refractivity contribution in [2.24, 2.45) is 0 Å². The van der Waals surface area contributed by atoms with Gasteiger partial charge in [0.05, 0.1) is 5.69 Å². The minimum atomic E-state index is 0.324. The Bertz CT molecular complexity index is 733. The Labute approximate surface area is 116 Å². The van der Waals surface area contributed by atoms with Crippen LogP contribution in [0.2, 0.25) is 0 Å². The van der Waals surface area contributed by atoms with Crippen LogP contribution in [-0.4, -0.2) is 20.0 Å². The van der Waals surface area contributed by atoms with Crippen molar-refractivity contribution in [3.8, 4) is 17.5 Å². The van der Waals surface area contributed by atoms with E-state index in [1.54, 1.807) is 0 Å². The van der Waals surface area contributed by atoms with Gasteiger partial charge < -0.3 is 4.57 Å². The van der Waals surface area contributed by atoms with Gasteiger partial charge in [0.15, 0.2) is 5.69 Å². The maximum absolute atomic E-state index is 9.02. The van der Waals surface area contributed by atoms with Crippen LogP contribution in [0.1, 0.15) is 11.3 Å². The van der Waals surface area contributed by atoms with Crippen molar-refractivity contribution in [1.29, 1.82) is 5.26 Å². The monoisotopic (exact) mass is 263 g/mol. The van der Waals surface area contributed by atoms with Crippen LogP contribution < -0.4 is 0 Å². The minimum Gasteiger partial charge on any atom is -0.346 e. The van der Waals surface area contributed by atoms with Crippen LogP contribution >= 0.6 is 0 Å². The topological polar surface area (TPSA) is 70.3 Å². The van der Waals surface area contributed by atoms with Crippen LogP contribution in [0.25, 0.3) is 11.4 Å². The number of aromatic nitrogens is 4. The lowest BCUT2D eigenvalue weighted by atomic mass is 10.1. The van der Waals surface area contributed by atoms with E-state index in [1.165, 1.54) is 5.56 Å². The zero-order chi connectivity index (χ0) is 13.8. The van der Waals surface area contributed by atoms with Crippen LogP contribution in [0, 0.1) is 11.3 Å². The molecule has 0 fully saturated rings. The van der Waals surface area contributed by atoms with E-state index in [-0.39, 0.29) is 0 Å². The van der Waals surface area contributed by atoms with Gasteiger partial charge in [0.2, 0.25) is 0 Å². The number of nitriles is 1. The number of aryl methyl sites for hydroxylation is 2. The smallest absolute Gasteiger partial charge is 0.191 e. The number of rotatable bonds is 4. The molecule has 0 radical (unpaired) electrons. The Balaban J connectivity index is 1.83. The average Bonchev–Trinajstić information content (AvgIpc) is 3.14. The maximum atomic E-state index is 9.02. The van der Waals surface area contributed by atoms with Gasteiger partial charge in [0.25, 0.3) is 0 Å². The molecule has 0 spiro atoms. The lowest BCUT2D eigenvalue weighted by molar-refractivity contribution is 0.705. The summed E-state index contributed by atoms with van der Waals surface area (Å²) in [6, 6.07) is 16.3. The SMILES string of the molecule is N#Cc1n[nH]nc1-c1cccn1CCc1ccccc1. The number of hydrogen-bond acceptors (Lipinski definition) is 3. The zero-order valence-electron chi connectivity index (χ0n) is 10.8. The molecular weight excluding hydrogens is 250 g/mol. The molecule has 20 heavy (non-hydrogen) atoms. The van der Waals surface area contributed by atoms with Gasteiger partial charge in [0, 0.05) is 12.7 Å².